The second-order valence-corrected chi connectivity index (χ2v) is 18.9. The van der Waals surface area contributed by atoms with E-state index >= 15 is 0 Å². The van der Waals surface area contributed by atoms with Crippen LogP contribution in [-0.2, 0) is 39.6 Å². The van der Waals surface area contributed by atoms with Crippen LogP contribution in [0.1, 0.15) is 107 Å². The second kappa shape index (κ2) is 20.8. The van der Waals surface area contributed by atoms with Gasteiger partial charge < -0.3 is 25.5 Å². The number of rotatable bonds is 16. The van der Waals surface area contributed by atoms with E-state index in [1.165, 1.54) is 29.1 Å². The summed E-state index contributed by atoms with van der Waals surface area (Å²) in [5.74, 6) is 0.702. The number of benzene rings is 3. The number of aliphatic imine (C=N–C) groups is 1. The molecule has 2 aliphatic rings. The number of unbranched alkanes of at least 4 members (excludes halogenated alkanes) is 2. The number of amides is 2. The van der Waals surface area contributed by atoms with E-state index < -0.39 is 5.97 Å². The van der Waals surface area contributed by atoms with E-state index in [-0.39, 0.29) is 23.0 Å². The number of aryl methyl sites for hydroxylation is 3. The molecule has 0 atom stereocenters. The first-order chi connectivity index (χ1) is 32.3. The lowest BCUT2D eigenvalue weighted by Crippen LogP contribution is -2.39. The smallest absolute Gasteiger partial charge is 0.337 e. The van der Waals surface area contributed by atoms with Gasteiger partial charge in [-0.3, -0.25) is 23.8 Å². The monoisotopic (exact) mass is 962 g/mol. The van der Waals surface area contributed by atoms with E-state index in [9.17, 15) is 19.5 Å². The Hall–Kier alpha value is -6.20. The predicted octanol–water partition coefficient (Wildman–Crippen LogP) is 9.45. The molecule has 18 heteroatoms. The number of carboxylic acid groups (broad SMARTS) is 1. The topological polar surface area (TPSA) is 194 Å². The highest BCUT2D eigenvalue weighted by molar-refractivity contribution is 7.15. The van der Waals surface area contributed by atoms with Gasteiger partial charge in [-0.2, -0.15) is 0 Å². The molecule has 2 amide bonds. The van der Waals surface area contributed by atoms with Gasteiger partial charge in [-0.1, -0.05) is 71.2 Å². The number of nitrogens with zero attached hydrogens (tertiary/aromatic N) is 7. The number of aromatic carboxylic acids is 1. The maximum Gasteiger partial charge on any atom is 0.337 e. The zero-order valence-corrected chi connectivity index (χ0v) is 40.1. The molecule has 1 fully saturated rings. The molecule has 9 rings (SSSR count). The van der Waals surface area contributed by atoms with Gasteiger partial charge >= 0.3 is 5.97 Å². The lowest BCUT2D eigenvalue weighted by molar-refractivity contribution is -0.124. The fourth-order valence-electron chi connectivity index (χ4n) is 8.40. The Morgan fingerprint density at radius 2 is 1.70 bits per heavy atom. The van der Waals surface area contributed by atoms with Gasteiger partial charge in [0, 0.05) is 70.1 Å². The highest BCUT2D eigenvalue weighted by atomic mass is 35.5. The van der Waals surface area contributed by atoms with Crippen LogP contribution in [0.3, 0.4) is 0 Å². The van der Waals surface area contributed by atoms with Crippen molar-refractivity contribution in [3.63, 3.8) is 0 Å². The third-order valence-electron chi connectivity index (χ3n) is 12.3. The van der Waals surface area contributed by atoms with Gasteiger partial charge in [-0.25, -0.2) is 4.79 Å². The maximum absolute atomic E-state index is 12.3. The number of H-pyrrole nitrogens is 1. The van der Waals surface area contributed by atoms with Crippen molar-refractivity contribution in [1.29, 1.82) is 0 Å². The van der Waals surface area contributed by atoms with Crippen LogP contribution in [0.2, 0.25) is 10.0 Å². The van der Waals surface area contributed by atoms with Crippen LogP contribution in [0.4, 0.5) is 0 Å². The van der Waals surface area contributed by atoms with Gasteiger partial charge in [-0.05, 0) is 93.8 Å². The zero-order valence-electron chi connectivity index (χ0n) is 37.8. The molecule has 1 aliphatic carbocycles. The number of nitrogens with one attached hydrogen (secondary N) is 3. The van der Waals surface area contributed by atoms with E-state index in [0.29, 0.717) is 55.1 Å². The van der Waals surface area contributed by atoms with Crippen molar-refractivity contribution in [2.45, 2.75) is 97.9 Å². The molecular formula is C49H52Cl2N10O5S. The minimum absolute atomic E-state index is 0.0151. The lowest BCUT2D eigenvalue weighted by atomic mass is 9.74. The SMILES string of the molecule is CC(=O)NCc1cn(CCCCCC(=O)NCCOC2(c3ccc(-c4cc5c(C(=O)O)c[nH]c5cc4Cl)cc3)CCC2)nn1.Cc1sc2c(c1C)C(c1ccc(Cl)cc1)=NCc1nnc(C)n1-2. The third-order valence-corrected chi connectivity index (χ3v) is 14.0. The Morgan fingerprint density at radius 1 is 0.940 bits per heavy atom. The largest absolute Gasteiger partial charge is 0.478 e. The van der Waals surface area contributed by atoms with Gasteiger partial charge in [0.25, 0.3) is 0 Å². The van der Waals surface area contributed by atoms with Crippen LogP contribution in [-0.4, -0.2) is 76.5 Å². The van der Waals surface area contributed by atoms with Crippen LogP contribution in [0.5, 0.6) is 0 Å². The Kier molecular flexibility index (Phi) is 14.7. The molecule has 0 unspecified atom stereocenters. The number of carbonyl (C=O) groups is 3. The molecule has 3 aromatic carbocycles. The molecule has 4 N–H and O–H groups in total. The van der Waals surface area contributed by atoms with Crippen molar-refractivity contribution in [2.24, 2.45) is 4.99 Å². The summed E-state index contributed by atoms with van der Waals surface area (Å²) in [5, 5.41) is 34.8. The number of ether oxygens (including phenoxy) is 1. The normalized spacial score (nSPS) is 13.7. The minimum atomic E-state index is -0.990. The number of carbonyl (C=O) groups excluding carboxylic acids is 2. The summed E-state index contributed by atoms with van der Waals surface area (Å²) < 4.78 is 10.2. The van der Waals surface area contributed by atoms with Crippen molar-refractivity contribution in [3.8, 4) is 16.1 Å². The summed E-state index contributed by atoms with van der Waals surface area (Å²) in [4.78, 5) is 44.0. The quantitative estimate of drug-likeness (QED) is 0.0683. The number of aromatic nitrogens is 7. The fraction of sp³-hybridized carbons (Fsp3) is 0.347. The van der Waals surface area contributed by atoms with E-state index in [4.69, 9.17) is 32.9 Å². The number of aromatic amines is 1. The molecule has 0 radical (unpaired) electrons. The standard InChI is InChI=1S/C32H37ClN6O5.C17H15ClN4S/c1-21(40)35-18-24-20-39(38-37-24)14-4-2-3-6-30(41)34-13-15-44-32(11-5-12-32)23-9-7-22(8-10-23)25-16-26-27(31(42)43)19-36-29(26)17-28(25)33;1-9-10(2)23-17-15(9)16(12-4-6-13(18)7-5-12)19-8-14-21-20-11(3)22(14)17/h7-10,16-17,19-20,36H,2-6,11-15,18H2,1H3,(H,34,41)(H,35,40)(H,42,43);4-7H,8H2,1-3H3. The van der Waals surface area contributed by atoms with Crippen molar-refractivity contribution in [3.05, 3.63) is 133 Å². The molecule has 67 heavy (non-hydrogen) atoms. The van der Waals surface area contributed by atoms with Gasteiger partial charge in [0.15, 0.2) is 5.82 Å². The van der Waals surface area contributed by atoms with Crippen molar-refractivity contribution >= 4 is 68.9 Å². The molecule has 348 valence electrons. The van der Waals surface area contributed by atoms with Crippen molar-refractivity contribution in [1.82, 2.24) is 45.4 Å². The van der Waals surface area contributed by atoms with Gasteiger partial charge in [0.2, 0.25) is 11.8 Å². The number of carboxylic acids is 1. The van der Waals surface area contributed by atoms with Crippen LogP contribution in [0.25, 0.3) is 27.0 Å². The Morgan fingerprint density at radius 3 is 2.42 bits per heavy atom. The summed E-state index contributed by atoms with van der Waals surface area (Å²) in [6.45, 7) is 10.2. The Labute approximate surface area is 402 Å². The summed E-state index contributed by atoms with van der Waals surface area (Å²) in [6.07, 6.45) is 9.24. The first-order valence-electron chi connectivity index (χ1n) is 22.3. The van der Waals surface area contributed by atoms with Gasteiger partial charge in [-0.15, -0.1) is 26.6 Å². The second-order valence-electron chi connectivity index (χ2n) is 16.8. The minimum Gasteiger partial charge on any atom is -0.478 e. The zero-order chi connectivity index (χ0) is 47.2. The third kappa shape index (κ3) is 10.7. The first-order valence-corrected chi connectivity index (χ1v) is 23.9. The number of hydrogen-bond acceptors (Lipinski definition) is 10. The highest BCUT2D eigenvalue weighted by Gasteiger charge is 2.39. The van der Waals surface area contributed by atoms with Crippen molar-refractivity contribution in [2.75, 3.05) is 13.2 Å². The van der Waals surface area contributed by atoms with Crippen LogP contribution < -0.4 is 10.6 Å². The lowest BCUT2D eigenvalue weighted by Gasteiger charge is -2.42. The van der Waals surface area contributed by atoms with Crippen molar-refractivity contribution < 1.29 is 24.2 Å². The maximum atomic E-state index is 12.3. The predicted molar refractivity (Wildman–Crippen MR) is 260 cm³/mol. The van der Waals surface area contributed by atoms with E-state index in [0.717, 1.165) is 93.9 Å². The Balaban J connectivity index is 0.000000220. The van der Waals surface area contributed by atoms with E-state index in [2.05, 4.69) is 54.5 Å². The number of thiophene rings is 1. The molecule has 1 aliphatic heterocycles. The molecule has 4 aromatic heterocycles. The molecular weight excluding hydrogens is 912 g/mol. The summed E-state index contributed by atoms with van der Waals surface area (Å²) in [5.41, 5.74) is 8.51. The van der Waals surface area contributed by atoms with Gasteiger partial charge in [0.1, 0.15) is 23.1 Å². The number of halogens is 2. The van der Waals surface area contributed by atoms with Crippen LogP contribution >= 0.6 is 34.5 Å². The molecule has 5 heterocycles. The van der Waals surface area contributed by atoms with Crippen LogP contribution in [0, 0.1) is 20.8 Å². The molecule has 0 saturated heterocycles. The van der Waals surface area contributed by atoms with Gasteiger partial charge in [0.05, 0.1) is 41.2 Å². The fourth-order valence-corrected chi connectivity index (χ4v) is 10.0. The van der Waals surface area contributed by atoms with Crippen LogP contribution in [0.15, 0.2) is 78.0 Å². The average molecular weight is 964 g/mol. The van der Waals surface area contributed by atoms with E-state index in [1.807, 2.05) is 67.7 Å². The summed E-state index contributed by atoms with van der Waals surface area (Å²) in [6, 6.07) is 19.5. The molecule has 0 bridgehead atoms. The molecule has 15 nitrogen and oxygen atoms in total. The summed E-state index contributed by atoms with van der Waals surface area (Å²) >= 11 is 14.4. The summed E-state index contributed by atoms with van der Waals surface area (Å²) in [7, 11) is 0. The molecule has 0 spiro atoms. The highest BCUT2D eigenvalue weighted by Crippen LogP contribution is 2.45. The first kappa shape index (κ1) is 47.3. The average Bonchev–Trinajstić information content (AvgIpc) is 4.07. The van der Waals surface area contributed by atoms with E-state index in [1.54, 1.807) is 22.1 Å². The molecule has 7 aromatic rings. The number of hydrogen-bond donors (Lipinski definition) is 4. The molecule has 1 saturated carbocycles. The number of fused-ring (bicyclic) bond motifs is 4. The Bertz CT molecular complexity index is 2950.